The van der Waals surface area contributed by atoms with Crippen molar-refractivity contribution in [2.45, 2.75) is 6.04 Å². The van der Waals surface area contributed by atoms with Crippen LogP contribution in [0, 0.1) is 0 Å². The molecule has 2 nitrogen and oxygen atoms in total. The van der Waals surface area contributed by atoms with Crippen molar-refractivity contribution in [3.05, 3.63) is 77.1 Å². The molecular formula is C16H13ClN2. The van der Waals surface area contributed by atoms with E-state index in [4.69, 9.17) is 17.3 Å². The molecule has 3 heteroatoms. The maximum Gasteiger partial charge on any atom is 0.0726 e. The highest BCUT2D eigenvalue weighted by Crippen LogP contribution is 2.23. The first-order valence-electron chi connectivity index (χ1n) is 6.10. The first-order valence-corrected chi connectivity index (χ1v) is 6.47. The molecule has 2 N–H and O–H groups in total. The van der Waals surface area contributed by atoms with Crippen molar-refractivity contribution in [2.75, 3.05) is 0 Å². The summed E-state index contributed by atoms with van der Waals surface area (Å²) < 4.78 is 0. The fourth-order valence-electron chi connectivity index (χ4n) is 2.14. The van der Waals surface area contributed by atoms with E-state index < -0.39 is 0 Å². The smallest absolute Gasteiger partial charge is 0.0726 e. The summed E-state index contributed by atoms with van der Waals surface area (Å²) in [6.45, 7) is 0. The minimum absolute atomic E-state index is 0.234. The van der Waals surface area contributed by atoms with E-state index in [2.05, 4.69) is 29.2 Å². The number of aromatic nitrogens is 1. The van der Waals surface area contributed by atoms with Gasteiger partial charge in [-0.25, -0.2) is 0 Å². The molecule has 0 saturated heterocycles. The lowest BCUT2D eigenvalue weighted by atomic mass is 10.00. The van der Waals surface area contributed by atoms with Gasteiger partial charge in [-0.1, -0.05) is 48.0 Å². The zero-order valence-electron chi connectivity index (χ0n) is 10.3. The molecule has 94 valence electrons. The molecule has 0 aliphatic heterocycles. The molecule has 0 amide bonds. The number of benzene rings is 2. The monoisotopic (exact) mass is 268 g/mol. The van der Waals surface area contributed by atoms with Gasteiger partial charge in [-0.15, -0.1) is 0 Å². The number of hydrogen-bond acceptors (Lipinski definition) is 2. The Balaban J connectivity index is 2.01. The van der Waals surface area contributed by atoms with Gasteiger partial charge in [0.1, 0.15) is 0 Å². The third-order valence-corrected chi connectivity index (χ3v) is 3.43. The third-order valence-electron chi connectivity index (χ3n) is 3.20. The van der Waals surface area contributed by atoms with E-state index in [1.807, 2.05) is 30.3 Å². The van der Waals surface area contributed by atoms with Crippen LogP contribution in [0.5, 0.6) is 0 Å². The van der Waals surface area contributed by atoms with Gasteiger partial charge in [-0.05, 0) is 34.5 Å². The Labute approximate surface area is 116 Å². The average Bonchev–Trinajstić information content (AvgIpc) is 2.47. The molecule has 0 radical (unpaired) electrons. The zero-order chi connectivity index (χ0) is 13.2. The second-order valence-corrected chi connectivity index (χ2v) is 4.92. The van der Waals surface area contributed by atoms with E-state index >= 15 is 0 Å². The van der Waals surface area contributed by atoms with Gasteiger partial charge in [0, 0.05) is 6.20 Å². The fraction of sp³-hybridized carbons (Fsp3) is 0.0625. The Hall–Kier alpha value is -1.90. The Morgan fingerprint density at radius 3 is 2.47 bits per heavy atom. The Kier molecular flexibility index (Phi) is 3.20. The normalized spacial score (nSPS) is 12.5. The molecule has 0 fully saturated rings. The highest BCUT2D eigenvalue weighted by molar-refractivity contribution is 6.30. The number of halogens is 1. The summed E-state index contributed by atoms with van der Waals surface area (Å²) in [7, 11) is 0. The molecule has 0 aliphatic carbocycles. The second kappa shape index (κ2) is 5.00. The molecule has 0 spiro atoms. The van der Waals surface area contributed by atoms with Crippen LogP contribution in [-0.4, -0.2) is 4.98 Å². The lowest BCUT2D eigenvalue weighted by molar-refractivity contribution is 0.830. The zero-order valence-corrected chi connectivity index (χ0v) is 11.0. The van der Waals surface area contributed by atoms with Gasteiger partial charge < -0.3 is 5.73 Å². The maximum atomic E-state index is 6.25. The molecule has 1 aromatic heterocycles. The highest BCUT2D eigenvalue weighted by Gasteiger charge is 2.10. The summed E-state index contributed by atoms with van der Waals surface area (Å²) in [5.41, 5.74) is 8.12. The van der Waals surface area contributed by atoms with Crippen molar-refractivity contribution >= 4 is 22.4 Å². The predicted molar refractivity (Wildman–Crippen MR) is 79.2 cm³/mol. The molecule has 0 aliphatic rings. The van der Waals surface area contributed by atoms with Crippen molar-refractivity contribution in [3.8, 4) is 0 Å². The van der Waals surface area contributed by atoms with Gasteiger partial charge in [0.05, 0.1) is 16.8 Å². The molecule has 1 unspecified atom stereocenters. The fourth-order valence-corrected chi connectivity index (χ4v) is 2.26. The topological polar surface area (TPSA) is 38.9 Å². The first-order chi connectivity index (χ1) is 9.24. The van der Waals surface area contributed by atoms with Gasteiger partial charge in [-0.3, -0.25) is 4.98 Å². The number of nitrogens with zero attached hydrogens (tertiary/aromatic N) is 1. The molecule has 19 heavy (non-hydrogen) atoms. The van der Waals surface area contributed by atoms with E-state index in [1.165, 1.54) is 10.8 Å². The van der Waals surface area contributed by atoms with Crippen LogP contribution in [0.4, 0.5) is 0 Å². The summed E-state index contributed by atoms with van der Waals surface area (Å²) in [5, 5.41) is 3.02. The Morgan fingerprint density at radius 1 is 0.947 bits per heavy atom. The van der Waals surface area contributed by atoms with Gasteiger partial charge in [0.2, 0.25) is 0 Å². The summed E-state index contributed by atoms with van der Waals surface area (Å²) in [6, 6.07) is 17.9. The van der Waals surface area contributed by atoms with Crippen molar-refractivity contribution in [1.29, 1.82) is 0 Å². The predicted octanol–water partition coefficient (Wildman–Crippen LogP) is 3.94. The Morgan fingerprint density at radius 2 is 1.74 bits per heavy atom. The largest absolute Gasteiger partial charge is 0.319 e. The van der Waals surface area contributed by atoms with E-state index in [0.717, 1.165) is 11.3 Å². The second-order valence-electron chi connectivity index (χ2n) is 4.49. The molecular weight excluding hydrogens is 256 g/mol. The summed E-state index contributed by atoms with van der Waals surface area (Å²) >= 11 is 5.84. The average molecular weight is 269 g/mol. The van der Waals surface area contributed by atoms with E-state index in [-0.39, 0.29) is 6.04 Å². The van der Waals surface area contributed by atoms with Crippen LogP contribution in [0.1, 0.15) is 17.3 Å². The minimum Gasteiger partial charge on any atom is -0.319 e. The summed E-state index contributed by atoms with van der Waals surface area (Å²) in [4.78, 5) is 4.28. The van der Waals surface area contributed by atoms with Crippen LogP contribution in [0.15, 0.2) is 60.8 Å². The van der Waals surface area contributed by atoms with Crippen LogP contribution >= 0.6 is 11.6 Å². The van der Waals surface area contributed by atoms with Gasteiger partial charge in [0.25, 0.3) is 0 Å². The standard InChI is InChI=1S/C16H13ClN2/c17-14-7-8-15(19-10-14)16(18)13-6-5-11-3-1-2-4-12(11)9-13/h1-10,16H,18H2. The first kappa shape index (κ1) is 12.2. The van der Waals surface area contributed by atoms with Crippen LogP contribution in [0.3, 0.4) is 0 Å². The molecule has 3 aromatic rings. The van der Waals surface area contributed by atoms with Crippen LogP contribution in [-0.2, 0) is 0 Å². The van der Waals surface area contributed by atoms with Crippen molar-refractivity contribution in [2.24, 2.45) is 5.73 Å². The third kappa shape index (κ3) is 2.46. The lowest BCUT2D eigenvalue weighted by Crippen LogP contribution is -2.13. The molecule has 1 heterocycles. The maximum absolute atomic E-state index is 6.25. The van der Waals surface area contributed by atoms with Gasteiger partial charge >= 0.3 is 0 Å². The molecule has 0 bridgehead atoms. The summed E-state index contributed by atoms with van der Waals surface area (Å²) in [5.74, 6) is 0. The van der Waals surface area contributed by atoms with Crippen molar-refractivity contribution < 1.29 is 0 Å². The number of hydrogen-bond donors (Lipinski definition) is 1. The van der Waals surface area contributed by atoms with Crippen LogP contribution < -0.4 is 5.73 Å². The minimum atomic E-state index is -0.234. The van der Waals surface area contributed by atoms with E-state index in [0.29, 0.717) is 5.02 Å². The van der Waals surface area contributed by atoms with Crippen molar-refractivity contribution in [3.63, 3.8) is 0 Å². The number of pyridine rings is 1. The van der Waals surface area contributed by atoms with Crippen LogP contribution in [0.25, 0.3) is 10.8 Å². The molecule has 3 rings (SSSR count). The SMILES string of the molecule is NC(c1ccc2ccccc2c1)c1ccc(Cl)cn1. The van der Waals surface area contributed by atoms with E-state index in [1.54, 1.807) is 6.20 Å². The van der Waals surface area contributed by atoms with E-state index in [9.17, 15) is 0 Å². The Bertz CT molecular complexity index is 707. The molecule has 1 atom stereocenters. The van der Waals surface area contributed by atoms with Gasteiger partial charge in [0.15, 0.2) is 0 Å². The van der Waals surface area contributed by atoms with Crippen LogP contribution in [0.2, 0.25) is 5.02 Å². The van der Waals surface area contributed by atoms with Crippen molar-refractivity contribution in [1.82, 2.24) is 4.98 Å². The number of rotatable bonds is 2. The molecule has 0 saturated carbocycles. The summed E-state index contributed by atoms with van der Waals surface area (Å²) in [6.07, 6.45) is 1.62. The lowest BCUT2D eigenvalue weighted by Gasteiger charge is -2.12. The molecule has 2 aromatic carbocycles. The number of nitrogens with two attached hydrogens (primary N) is 1. The quantitative estimate of drug-likeness (QED) is 0.765. The highest BCUT2D eigenvalue weighted by atomic mass is 35.5. The number of fused-ring (bicyclic) bond motifs is 1. The van der Waals surface area contributed by atoms with Gasteiger partial charge in [-0.2, -0.15) is 0 Å².